The Morgan fingerprint density at radius 1 is 1.08 bits per heavy atom. The van der Waals surface area contributed by atoms with Gasteiger partial charge in [-0.05, 0) is 5.56 Å². The molecule has 0 aliphatic carbocycles. The Morgan fingerprint density at radius 3 is 2.56 bits per heavy atom. The van der Waals surface area contributed by atoms with Crippen LogP contribution in [0.1, 0.15) is 18.2 Å². The number of pyridine rings is 1. The number of aromatic nitrogens is 1. The fraction of sp³-hybridized carbons (Fsp3) is 0.368. The topological polar surface area (TPSA) is 69.7 Å². The van der Waals surface area contributed by atoms with Gasteiger partial charge in [0.1, 0.15) is 11.4 Å². The third kappa shape index (κ3) is 6.52. The number of hydrogen-bond acceptors (Lipinski definition) is 5. The maximum atomic E-state index is 11.4. The minimum atomic E-state index is -0.164. The van der Waals surface area contributed by atoms with E-state index in [-0.39, 0.29) is 5.91 Å². The second kappa shape index (κ2) is 10.4. The van der Waals surface area contributed by atoms with Crippen molar-refractivity contribution < 1.29 is 19.0 Å². The first-order chi connectivity index (χ1) is 12.2. The Morgan fingerprint density at radius 2 is 1.84 bits per heavy atom. The third-order valence-electron chi connectivity index (χ3n) is 3.48. The highest BCUT2D eigenvalue weighted by Gasteiger charge is 2.11. The summed E-state index contributed by atoms with van der Waals surface area (Å²) in [5.74, 6) is 0.425. The van der Waals surface area contributed by atoms with Crippen LogP contribution < -0.4 is 10.1 Å². The molecule has 2 aromatic rings. The van der Waals surface area contributed by atoms with E-state index in [2.05, 4.69) is 10.3 Å². The number of amides is 1. The molecule has 25 heavy (non-hydrogen) atoms. The van der Waals surface area contributed by atoms with Crippen LogP contribution >= 0.6 is 0 Å². The summed E-state index contributed by atoms with van der Waals surface area (Å²) < 4.78 is 16.4. The minimum absolute atomic E-state index is 0.164. The Hall–Kier alpha value is -2.44. The molecule has 1 heterocycles. The van der Waals surface area contributed by atoms with Crippen molar-refractivity contribution in [2.75, 3.05) is 32.2 Å². The van der Waals surface area contributed by atoms with Crippen LogP contribution in [0.15, 0.2) is 42.6 Å². The molecule has 1 aromatic heterocycles. The number of methoxy groups -OCH3 is 1. The van der Waals surface area contributed by atoms with E-state index in [1.165, 1.54) is 6.92 Å². The highest BCUT2D eigenvalue weighted by molar-refractivity contribution is 5.91. The SMILES string of the molecule is COc1ccnc(CCOCCOCc2ccccc2)c1NC(C)=O. The van der Waals surface area contributed by atoms with Gasteiger partial charge in [0.25, 0.3) is 0 Å². The summed E-state index contributed by atoms with van der Waals surface area (Å²) in [6, 6.07) is 11.7. The number of nitrogens with one attached hydrogen (secondary N) is 1. The quantitative estimate of drug-likeness (QED) is 0.671. The Labute approximate surface area is 148 Å². The molecule has 134 valence electrons. The number of anilines is 1. The smallest absolute Gasteiger partial charge is 0.221 e. The van der Waals surface area contributed by atoms with Crippen LogP contribution in [0.2, 0.25) is 0 Å². The molecule has 6 heteroatoms. The lowest BCUT2D eigenvalue weighted by atomic mass is 10.2. The van der Waals surface area contributed by atoms with Crippen molar-refractivity contribution in [2.24, 2.45) is 0 Å². The van der Waals surface area contributed by atoms with Crippen LogP contribution in [0, 0.1) is 0 Å². The number of nitrogens with zero attached hydrogens (tertiary/aromatic N) is 1. The summed E-state index contributed by atoms with van der Waals surface area (Å²) in [4.78, 5) is 15.7. The van der Waals surface area contributed by atoms with Gasteiger partial charge in [-0.3, -0.25) is 9.78 Å². The molecular weight excluding hydrogens is 320 g/mol. The van der Waals surface area contributed by atoms with Gasteiger partial charge in [0, 0.05) is 25.6 Å². The summed E-state index contributed by atoms with van der Waals surface area (Å²) in [6.45, 7) is 3.55. The van der Waals surface area contributed by atoms with Crippen LogP contribution in [0.5, 0.6) is 5.75 Å². The predicted molar refractivity (Wildman–Crippen MR) is 95.7 cm³/mol. The zero-order valence-electron chi connectivity index (χ0n) is 14.7. The summed E-state index contributed by atoms with van der Waals surface area (Å²) in [5, 5.41) is 2.77. The molecule has 1 amide bonds. The largest absolute Gasteiger partial charge is 0.494 e. The molecule has 0 radical (unpaired) electrons. The maximum absolute atomic E-state index is 11.4. The van der Waals surface area contributed by atoms with Crippen LogP contribution in [0.3, 0.4) is 0 Å². The molecule has 1 N–H and O–H groups in total. The number of carbonyl (C=O) groups is 1. The van der Waals surface area contributed by atoms with E-state index in [4.69, 9.17) is 14.2 Å². The maximum Gasteiger partial charge on any atom is 0.221 e. The molecule has 0 atom stereocenters. The van der Waals surface area contributed by atoms with E-state index in [0.717, 1.165) is 11.3 Å². The lowest BCUT2D eigenvalue weighted by molar-refractivity contribution is -0.114. The molecule has 0 fully saturated rings. The zero-order chi connectivity index (χ0) is 17.9. The van der Waals surface area contributed by atoms with E-state index in [0.29, 0.717) is 44.3 Å². The minimum Gasteiger partial charge on any atom is -0.494 e. The lowest BCUT2D eigenvalue weighted by Crippen LogP contribution is -2.13. The summed E-state index contributed by atoms with van der Waals surface area (Å²) in [6.07, 6.45) is 2.23. The first-order valence-corrected chi connectivity index (χ1v) is 8.19. The fourth-order valence-corrected chi connectivity index (χ4v) is 2.31. The van der Waals surface area contributed by atoms with E-state index in [1.807, 2.05) is 30.3 Å². The molecule has 0 saturated heterocycles. The number of ether oxygens (including phenoxy) is 3. The molecule has 0 aliphatic heterocycles. The third-order valence-corrected chi connectivity index (χ3v) is 3.48. The van der Waals surface area contributed by atoms with E-state index >= 15 is 0 Å². The average molecular weight is 344 g/mol. The van der Waals surface area contributed by atoms with Gasteiger partial charge in [0.15, 0.2) is 0 Å². The monoisotopic (exact) mass is 344 g/mol. The Bertz CT molecular complexity index is 662. The second-order valence-electron chi connectivity index (χ2n) is 5.42. The van der Waals surface area contributed by atoms with Crippen molar-refractivity contribution in [1.29, 1.82) is 0 Å². The predicted octanol–water partition coefficient (Wildman–Crippen LogP) is 2.82. The average Bonchev–Trinajstić information content (AvgIpc) is 2.62. The zero-order valence-corrected chi connectivity index (χ0v) is 14.7. The van der Waals surface area contributed by atoms with Crippen LogP contribution in [0.4, 0.5) is 5.69 Å². The van der Waals surface area contributed by atoms with Crippen molar-refractivity contribution >= 4 is 11.6 Å². The van der Waals surface area contributed by atoms with Gasteiger partial charge in [-0.15, -0.1) is 0 Å². The van der Waals surface area contributed by atoms with Gasteiger partial charge in [0.05, 0.1) is 39.2 Å². The van der Waals surface area contributed by atoms with Crippen LogP contribution in [-0.2, 0) is 27.3 Å². The molecule has 1 aromatic carbocycles. The van der Waals surface area contributed by atoms with Crippen LogP contribution in [-0.4, -0.2) is 37.8 Å². The van der Waals surface area contributed by atoms with E-state index < -0.39 is 0 Å². The van der Waals surface area contributed by atoms with Gasteiger partial charge in [-0.2, -0.15) is 0 Å². The normalized spacial score (nSPS) is 10.5. The van der Waals surface area contributed by atoms with Crippen molar-refractivity contribution in [3.8, 4) is 5.75 Å². The van der Waals surface area contributed by atoms with Gasteiger partial charge in [-0.25, -0.2) is 0 Å². The highest BCUT2D eigenvalue weighted by Crippen LogP contribution is 2.26. The first kappa shape index (κ1) is 18.9. The molecule has 0 aliphatic rings. The van der Waals surface area contributed by atoms with Gasteiger partial charge in [0.2, 0.25) is 5.91 Å². The Kier molecular flexibility index (Phi) is 7.88. The molecule has 0 saturated carbocycles. The Balaban J connectivity index is 1.71. The standard InChI is InChI=1S/C19H24N2O4/c1-15(22)21-19-17(20-10-8-18(19)23-2)9-11-24-12-13-25-14-16-6-4-3-5-7-16/h3-8,10H,9,11-14H2,1-2H3,(H,21,22). The molecule has 2 rings (SSSR count). The number of hydrogen-bond donors (Lipinski definition) is 1. The van der Waals surface area contributed by atoms with Gasteiger partial charge in [-0.1, -0.05) is 30.3 Å². The fourth-order valence-electron chi connectivity index (χ4n) is 2.31. The molecule has 6 nitrogen and oxygen atoms in total. The summed E-state index contributed by atoms with van der Waals surface area (Å²) in [5.41, 5.74) is 2.48. The van der Waals surface area contributed by atoms with Crippen molar-refractivity contribution in [2.45, 2.75) is 20.0 Å². The number of rotatable bonds is 10. The molecule has 0 unspecified atom stereocenters. The molecule has 0 bridgehead atoms. The summed E-state index contributed by atoms with van der Waals surface area (Å²) >= 11 is 0. The highest BCUT2D eigenvalue weighted by atomic mass is 16.5. The van der Waals surface area contributed by atoms with E-state index in [9.17, 15) is 4.79 Å². The van der Waals surface area contributed by atoms with Crippen molar-refractivity contribution in [3.05, 3.63) is 53.9 Å². The van der Waals surface area contributed by atoms with Gasteiger partial charge >= 0.3 is 0 Å². The summed E-state index contributed by atoms with van der Waals surface area (Å²) in [7, 11) is 1.56. The van der Waals surface area contributed by atoms with E-state index in [1.54, 1.807) is 19.4 Å². The molecular formula is C19H24N2O4. The van der Waals surface area contributed by atoms with Crippen molar-refractivity contribution in [1.82, 2.24) is 4.98 Å². The van der Waals surface area contributed by atoms with Gasteiger partial charge < -0.3 is 19.5 Å². The lowest BCUT2D eigenvalue weighted by Gasteiger charge is -2.13. The van der Waals surface area contributed by atoms with Crippen LogP contribution in [0.25, 0.3) is 0 Å². The molecule has 0 spiro atoms. The van der Waals surface area contributed by atoms with Crippen molar-refractivity contribution in [3.63, 3.8) is 0 Å². The first-order valence-electron chi connectivity index (χ1n) is 8.19. The second-order valence-corrected chi connectivity index (χ2v) is 5.42. The number of benzene rings is 1. The number of carbonyl (C=O) groups excluding carboxylic acids is 1.